The minimum Gasteiger partial charge on any atom is -0.0991 e. The minimum absolute atomic E-state index is 1.29. The Hall–Kier alpha value is -2.34. The number of allylic oxidation sites excluding steroid dienone is 2. The second-order valence-corrected chi connectivity index (χ2v) is 4.72. The van der Waals surface area contributed by atoms with E-state index in [1.165, 1.54) is 32.7 Å². The molecule has 92 valence electrons. The van der Waals surface area contributed by atoms with Gasteiger partial charge in [0, 0.05) is 0 Å². The molecule has 0 fully saturated rings. The van der Waals surface area contributed by atoms with E-state index < -0.39 is 0 Å². The molecule has 0 aromatic heterocycles. The van der Waals surface area contributed by atoms with Crippen molar-refractivity contribution in [1.29, 1.82) is 0 Å². The van der Waals surface area contributed by atoms with Gasteiger partial charge in [0.15, 0.2) is 0 Å². The SMILES string of the molecule is C=C/C=C\c1c(C)c2ccccc2c2ccccc12. The summed E-state index contributed by atoms with van der Waals surface area (Å²) in [6.45, 7) is 5.95. The number of aryl methyl sites for hydroxylation is 1. The molecule has 0 aliphatic heterocycles. The Labute approximate surface area is 113 Å². The van der Waals surface area contributed by atoms with Crippen LogP contribution in [-0.2, 0) is 0 Å². The molecule has 0 nitrogen and oxygen atoms in total. The molecular formula is C19H16. The first-order valence-corrected chi connectivity index (χ1v) is 6.52. The van der Waals surface area contributed by atoms with Crippen LogP contribution in [0.4, 0.5) is 0 Å². The standard InChI is InChI=1S/C19H16/c1-3-4-9-15-14(2)16-10-5-6-11-18(16)19-13-8-7-12-17(15)19/h3-13H,1H2,2H3/b9-4-. The summed E-state index contributed by atoms with van der Waals surface area (Å²) in [6.07, 6.45) is 5.98. The van der Waals surface area contributed by atoms with Crippen molar-refractivity contribution in [2.45, 2.75) is 6.92 Å². The van der Waals surface area contributed by atoms with Gasteiger partial charge in [0.1, 0.15) is 0 Å². The monoisotopic (exact) mass is 244 g/mol. The summed E-state index contributed by atoms with van der Waals surface area (Å²) < 4.78 is 0. The van der Waals surface area contributed by atoms with Gasteiger partial charge in [0.2, 0.25) is 0 Å². The Morgan fingerprint density at radius 3 is 1.95 bits per heavy atom. The topological polar surface area (TPSA) is 0 Å². The molecule has 0 saturated carbocycles. The molecule has 19 heavy (non-hydrogen) atoms. The summed E-state index contributed by atoms with van der Waals surface area (Å²) in [5, 5.41) is 5.26. The molecule has 0 heteroatoms. The second-order valence-electron chi connectivity index (χ2n) is 4.72. The van der Waals surface area contributed by atoms with E-state index in [-0.39, 0.29) is 0 Å². The fourth-order valence-electron chi connectivity index (χ4n) is 2.72. The van der Waals surface area contributed by atoms with E-state index in [1.54, 1.807) is 0 Å². The Kier molecular flexibility index (Phi) is 2.92. The van der Waals surface area contributed by atoms with E-state index in [1.807, 2.05) is 12.2 Å². The average Bonchev–Trinajstić information content (AvgIpc) is 2.47. The van der Waals surface area contributed by atoms with Crippen LogP contribution in [0.5, 0.6) is 0 Å². The van der Waals surface area contributed by atoms with Crippen molar-refractivity contribution in [1.82, 2.24) is 0 Å². The number of hydrogen-bond acceptors (Lipinski definition) is 0. The average molecular weight is 244 g/mol. The van der Waals surface area contributed by atoms with Crippen LogP contribution < -0.4 is 0 Å². The van der Waals surface area contributed by atoms with E-state index in [2.05, 4.69) is 68.1 Å². The van der Waals surface area contributed by atoms with Gasteiger partial charge in [0.25, 0.3) is 0 Å². The van der Waals surface area contributed by atoms with Crippen LogP contribution in [0.1, 0.15) is 11.1 Å². The summed E-state index contributed by atoms with van der Waals surface area (Å²) in [7, 11) is 0. The normalized spacial score (nSPS) is 11.4. The number of hydrogen-bond donors (Lipinski definition) is 0. The van der Waals surface area contributed by atoms with Crippen molar-refractivity contribution in [3.05, 3.63) is 78.4 Å². The highest BCUT2D eigenvalue weighted by molar-refractivity contribution is 6.12. The van der Waals surface area contributed by atoms with E-state index in [0.717, 1.165) is 0 Å². The zero-order valence-electron chi connectivity index (χ0n) is 11.1. The second kappa shape index (κ2) is 4.74. The first-order chi connectivity index (χ1) is 9.33. The number of benzene rings is 3. The first-order valence-electron chi connectivity index (χ1n) is 6.52. The molecule has 0 N–H and O–H groups in total. The van der Waals surface area contributed by atoms with Gasteiger partial charge in [-0.15, -0.1) is 0 Å². The Bertz CT molecular complexity index is 792. The molecule has 0 atom stereocenters. The van der Waals surface area contributed by atoms with Crippen LogP contribution in [0.3, 0.4) is 0 Å². The maximum Gasteiger partial charge on any atom is -0.00992 e. The van der Waals surface area contributed by atoms with Crippen molar-refractivity contribution in [3.63, 3.8) is 0 Å². The molecule has 3 aromatic carbocycles. The van der Waals surface area contributed by atoms with Crippen molar-refractivity contribution in [2.24, 2.45) is 0 Å². The van der Waals surface area contributed by atoms with Gasteiger partial charge >= 0.3 is 0 Å². The highest BCUT2D eigenvalue weighted by Crippen LogP contribution is 2.33. The van der Waals surface area contributed by atoms with E-state index >= 15 is 0 Å². The maximum atomic E-state index is 3.76. The fraction of sp³-hybridized carbons (Fsp3) is 0.0526. The van der Waals surface area contributed by atoms with E-state index in [4.69, 9.17) is 0 Å². The van der Waals surface area contributed by atoms with E-state index in [9.17, 15) is 0 Å². The molecular weight excluding hydrogens is 228 g/mol. The lowest BCUT2D eigenvalue weighted by Gasteiger charge is -2.12. The third kappa shape index (κ3) is 1.86. The molecule has 3 rings (SSSR count). The van der Waals surface area contributed by atoms with Crippen LogP contribution in [0.2, 0.25) is 0 Å². The van der Waals surface area contributed by atoms with Crippen molar-refractivity contribution in [3.8, 4) is 0 Å². The lowest BCUT2D eigenvalue weighted by Crippen LogP contribution is -1.88. The highest BCUT2D eigenvalue weighted by Gasteiger charge is 2.08. The van der Waals surface area contributed by atoms with Gasteiger partial charge < -0.3 is 0 Å². The van der Waals surface area contributed by atoms with Gasteiger partial charge in [-0.2, -0.15) is 0 Å². The zero-order valence-corrected chi connectivity index (χ0v) is 11.1. The minimum atomic E-state index is 1.29. The van der Waals surface area contributed by atoms with E-state index in [0.29, 0.717) is 0 Å². The van der Waals surface area contributed by atoms with Gasteiger partial charge in [-0.1, -0.05) is 73.3 Å². The largest absolute Gasteiger partial charge is 0.0991 e. The third-order valence-corrected chi connectivity index (χ3v) is 3.64. The van der Waals surface area contributed by atoms with Crippen molar-refractivity contribution in [2.75, 3.05) is 0 Å². The summed E-state index contributed by atoms with van der Waals surface area (Å²) in [5.74, 6) is 0. The molecule has 0 heterocycles. The number of fused-ring (bicyclic) bond motifs is 3. The van der Waals surface area contributed by atoms with Gasteiger partial charge in [-0.3, -0.25) is 0 Å². The lowest BCUT2D eigenvalue weighted by molar-refractivity contribution is 1.52. The highest BCUT2D eigenvalue weighted by atomic mass is 14.1. The van der Waals surface area contributed by atoms with Crippen LogP contribution in [0, 0.1) is 6.92 Å². The summed E-state index contributed by atoms with van der Waals surface area (Å²) >= 11 is 0. The molecule has 0 aliphatic carbocycles. The molecule has 0 aliphatic rings. The molecule has 0 amide bonds. The van der Waals surface area contributed by atoms with Gasteiger partial charge in [0.05, 0.1) is 0 Å². The van der Waals surface area contributed by atoms with Crippen LogP contribution in [0.25, 0.3) is 27.6 Å². The van der Waals surface area contributed by atoms with Gasteiger partial charge in [-0.25, -0.2) is 0 Å². The maximum absolute atomic E-state index is 3.76. The molecule has 3 aromatic rings. The summed E-state index contributed by atoms with van der Waals surface area (Å²) in [6, 6.07) is 17.2. The Morgan fingerprint density at radius 2 is 1.32 bits per heavy atom. The Balaban J connectivity index is 2.54. The summed E-state index contributed by atoms with van der Waals surface area (Å²) in [5.41, 5.74) is 2.61. The molecule has 0 spiro atoms. The van der Waals surface area contributed by atoms with Crippen LogP contribution in [-0.4, -0.2) is 0 Å². The summed E-state index contributed by atoms with van der Waals surface area (Å²) in [4.78, 5) is 0. The Morgan fingerprint density at radius 1 is 0.789 bits per heavy atom. The van der Waals surface area contributed by atoms with Crippen molar-refractivity contribution < 1.29 is 0 Å². The molecule has 0 radical (unpaired) electrons. The quantitative estimate of drug-likeness (QED) is 0.412. The zero-order chi connectivity index (χ0) is 13.2. The molecule has 0 saturated heterocycles. The molecule has 0 unspecified atom stereocenters. The van der Waals surface area contributed by atoms with Crippen LogP contribution in [0.15, 0.2) is 67.3 Å². The lowest BCUT2D eigenvalue weighted by atomic mass is 9.92. The fourth-order valence-corrected chi connectivity index (χ4v) is 2.72. The number of rotatable bonds is 2. The molecule has 0 bridgehead atoms. The predicted octanol–water partition coefficient (Wildman–Crippen LogP) is 5.50. The van der Waals surface area contributed by atoms with Crippen LogP contribution >= 0.6 is 0 Å². The van der Waals surface area contributed by atoms with Crippen molar-refractivity contribution >= 4 is 27.6 Å². The van der Waals surface area contributed by atoms with Gasteiger partial charge in [-0.05, 0) is 39.6 Å². The first kappa shape index (κ1) is 11.7. The smallest absolute Gasteiger partial charge is 0.00992 e. The predicted molar refractivity (Wildman–Crippen MR) is 85.4 cm³/mol. The third-order valence-electron chi connectivity index (χ3n) is 3.64.